The van der Waals surface area contributed by atoms with E-state index < -0.39 is 0 Å². The highest BCUT2D eigenvalue weighted by Crippen LogP contribution is 2.28. The lowest BCUT2D eigenvalue weighted by Gasteiger charge is -2.21. The smallest absolute Gasteiger partial charge is 0.217 e. The van der Waals surface area contributed by atoms with Gasteiger partial charge in [-0.15, -0.1) is 0 Å². The van der Waals surface area contributed by atoms with E-state index in [9.17, 15) is 9.18 Å². The number of halogens is 1. The monoisotopic (exact) mass is 356 g/mol. The highest BCUT2D eigenvalue weighted by molar-refractivity contribution is 5.73. The van der Waals surface area contributed by atoms with Crippen molar-refractivity contribution in [1.29, 1.82) is 0 Å². The third-order valence-electron chi connectivity index (χ3n) is 4.83. The van der Waals surface area contributed by atoms with Crippen molar-refractivity contribution in [2.45, 2.75) is 39.3 Å². The number of carbonyl (C=O) groups is 1. The Hall–Kier alpha value is -2.56. The topological polar surface area (TPSA) is 41.6 Å². The first-order valence-corrected chi connectivity index (χ1v) is 8.98. The maximum Gasteiger partial charge on any atom is 0.217 e. The zero-order valence-electron chi connectivity index (χ0n) is 15.5. The molecular weight excluding hydrogens is 331 g/mol. The van der Waals surface area contributed by atoms with E-state index in [2.05, 4.69) is 10.2 Å². The van der Waals surface area contributed by atoms with Crippen LogP contribution in [-0.2, 0) is 4.79 Å². The van der Waals surface area contributed by atoms with Gasteiger partial charge in [-0.05, 0) is 43.7 Å². The quantitative estimate of drug-likeness (QED) is 0.881. The van der Waals surface area contributed by atoms with Crippen LogP contribution in [0.15, 0.2) is 42.5 Å². The molecule has 1 unspecified atom stereocenters. The Kier molecular flexibility index (Phi) is 5.45. The van der Waals surface area contributed by atoms with Crippen LogP contribution >= 0.6 is 0 Å². The SMILES string of the molecule is CC(=O)N[C@@H](C)c1ccc(OC2CCN(c3cccc(F)c3C)C2)cc1. The molecule has 4 nitrogen and oxygen atoms in total. The van der Waals surface area contributed by atoms with E-state index in [1.165, 1.54) is 13.0 Å². The summed E-state index contributed by atoms with van der Waals surface area (Å²) in [6, 6.07) is 13.0. The van der Waals surface area contributed by atoms with Crippen molar-refractivity contribution in [1.82, 2.24) is 5.32 Å². The van der Waals surface area contributed by atoms with Crippen molar-refractivity contribution in [3.8, 4) is 5.75 Å². The average Bonchev–Trinajstić information content (AvgIpc) is 3.05. The number of amides is 1. The van der Waals surface area contributed by atoms with E-state index in [4.69, 9.17) is 4.74 Å². The molecule has 1 amide bonds. The summed E-state index contributed by atoms with van der Waals surface area (Å²) in [7, 11) is 0. The first-order chi connectivity index (χ1) is 12.4. The summed E-state index contributed by atoms with van der Waals surface area (Å²) in [5, 5.41) is 2.87. The van der Waals surface area contributed by atoms with E-state index in [0.29, 0.717) is 5.56 Å². The zero-order chi connectivity index (χ0) is 18.7. The van der Waals surface area contributed by atoms with Crippen molar-refractivity contribution in [3.05, 3.63) is 59.4 Å². The lowest BCUT2D eigenvalue weighted by Crippen LogP contribution is -2.25. The largest absolute Gasteiger partial charge is 0.489 e. The third-order valence-corrected chi connectivity index (χ3v) is 4.83. The molecule has 1 fully saturated rings. The maximum absolute atomic E-state index is 13.8. The molecule has 1 aliphatic rings. The molecule has 1 saturated heterocycles. The fourth-order valence-corrected chi connectivity index (χ4v) is 3.40. The Morgan fingerprint density at radius 1 is 1.27 bits per heavy atom. The zero-order valence-corrected chi connectivity index (χ0v) is 15.5. The average molecular weight is 356 g/mol. The predicted molar refractivity (Wildman–Crippen MR) is 101 cm³/mol. The van der Waals surface area contributed by atoms with Crippen LogP contribution in [-0.4, -0.2) is 25.1 Å². The van der Waals surface area contributed by atoms with E-state index in [-0.39, 0.29) is 23.9 Å². The molecule has 5 heteroatoms. The van der Waals surface area contributed by atoms with Crippen molar-refractivity contribution >= 4 is 11.6 Å². The number of hydrogen-bond acceptors (Lipinski definition) is 3. The molecule has 0 bridgehead atoms. The first-order valence-electron chi connectivity index (χ1n) is 8.98. The van der Waals surface area contributed by atoms with Gasteiger partial charge in [0, 0.05) is 31.1 Å². The van der Waals surface area contributed by atoms with Crippen LogP contribution in [0.1, 0.15) is 37.4 Å². The van der Waals surface area contributed by atoms with Crippen LogP contribution in [0.5, 0.6) is 5.75 Å². The molecule has 0 radical (unpaired) electrons. The molecule has 0 spiro atoms. The van der Waals surface area contributed by atoms with Gasteiger partial charge in [0.05, 0.1) is 12.6 Å². The number of nitrogens with one attached hydrogen (secondary N) is 1. The summed E-state index contributed by atoms with van der Waals surface area (Å²) < 4.78 is 19.9. The summed E-state index contributed by atoms with van der Waals surface area (Å²) in [5.74, 6) is 0.596. The first kappa shape index (κ1) is 18.2. The van der Waals surface area contributed by atoms with Crippen LogP contribution in [0.3, 0.4) is 0 Å². The van der Waals surface area contributed by atoms with Gasteiger partial charge in [-0.2, -0.15) is 0 Å². The van der Waals surface area contributed by atoms with Gasteiger partial charge in [0.2, 0.25) is 5.91 Å². The van der Waals surface area contributed by atoms with Gasteiger partial charge in [-0.3, -0.25) is 4.79 Å². The normalized spacial score (nSPS) is 17.8. The van der Waals surface area contributed by atoms with E-state index in [1.807, 2.05) is 44.2 Å². The van der Waals surface area contributed by atoms with Gasteiger partial charge in [-0.25, -0.2) is 4.39 Å². The Morgan fingerprint density at radius 2 is 2.00 bits per heavy atom. The molecule has 0 aromatic heterocycles. The number of carbonyl (C=O) groups excluding carboxylic acids is 1. The predicted octanol–water partition coefficient (Wildman–Crippen LogP) is 3.99. The molecule has 1 heterocycles. The van der Waals surface area contributed by atoms with Gasteiger partial charge in [0.1, 0.15) is 17.7 Å². The number of ether oxygens (including phenoxy) is 1. The number of rotatable bonds is 5. The van der Waals surface area contributed by atoms with Crippen LogP contribution < -0.4 is 15.0 Å². The van der Waals surface area contributed by atoms with Crippen LogP contribution in [0.2, 0.25) is 0 Å². The Bertz CT molecular complexity index is 776. The van der Waals surface area contributed by atoms with Gasteiger partial charge < -0.3 is 15.0 Å². The van der Waals surface area contributed by atoms with Crippen molar-refractivity contribution < 1.29 is 13.9 Å². The molecule has 2 atom stereocenters. The van der Waals surface area contributed by atoms with Crippen molar-refractivity contribution in [3.63, 3.8) is 0 Å². The summed E-state index contributed by atoms with van der Waals surface area (Å²) in [6.07, 6.45) is 0.983. The molecule has 26 heavy (non-hydrogen) atoms. The summed E-state index contributed by atoms with van der Waals surface area (Å²) in [5.41, 5.74) is 2.66. The number of hydrogen-bond donors (Lipinski definition) is 1. The highest BCUT2D eigenvalue weighted by atomic mass is 19.1. The van der Waals surface area contributed by atoms with Crippen LogP contribution in [0.4, 0.5) is 10.1 Å². The second kappa shape index (κ2) is 7.77. The van der Waals surface area contributed by atoms with Gasteiger partial charge in [0.15, 0.2) is 0 Å². The second-order valence-electron chi connectivity index (χ2n) is 6.85. The van der Waals surface area contributed by atoms with Gasteiger partial charge >= 0.3 is 0 Å². The lowest BCUT2D eigenvalue weighted by molar-refractivity contribution is -0.119. The van der Waals surface area contributed by atoms with E-state index >= 15 is 0 Å². The molecular formula is C21H25FN2O2. The number of benzene rings is 2. The number of nitrogens with zero attached hydrogens (tertiary/aromatic N) is 1. The van der Waals surface area contributed by atoms with Gasteiger partial charge in [-0.1, -0.05) is 18.2 Å². The summed E-state index contributed by atoms with van der Waals surface area (Å²) in [6.45, 7) is 6.88. The fraction of sp³-hybridized carbons (Fsp3) is 0.381. The molecule has 1 N–H and O–H groups in total. The molecule has 2 aromatic rings. The second-order valence-corrected chi connectivity index (χ2v) is 6.85. The molecule has 2 aromatic carbocycles. The summed E-state index contributed by atoms with van der Waals surface area (Å²) in [4.78, 5) is 13.3. The van der Waals surface area contributed by atoms with Crippen LogP contribution in [0, 0.1) is 12.7 Å². The highest BCUT2D eigenvalue weighted by Gasteiger charge is 2.25. The molecule has 0 aliphatic carbocycles. The molecule has 0 saturated carbocycles. The standard InChI is InChI=1S/C21H25FN2O2/c1-14-20(22)5-4-6-21(14)24-12-11-19(13-24)26-18-9-7-17(8-10-18)15(2)23-16(3)25/h4-10,15,19H,11-13H2,1-3H3,(H,23,25)/t15-,19?/m0/s1. The minimum Gasteiger partial charge on any atom is -0.489 e. The minimum absolute atomic E-state index is 0.0283. The molecule has 138 valence electrons. The van der Waals surface area contributed by atoms with Crippen molar-refractivity contribution in [2.24, 2.45) is 0 Å². The Labute approximate surface area is 154 Å². The number of anilines is 1. The minimum atomic E-state index is -0.171. The Morgan fingerprint density at radius 3 is 2.69 bits per heavy atom. The maximum atomic E-state index is 13.8. The summed E-state index contributed by atoms with van der Waals surface area (Å²) >= 11 is 0. The lowest BCUT2D eigenvalue weighted by atomic mass is 10.1. The molecule has 1 aliphatic heterocycles. The van der Waals surface area contributed by atoms with Crippen molar-refractivity contribution in [2.75, 3.05) is 18.0 Å². The van der Waals surface area contributed by atoms with E-state index in [0.717, 1.165) is 36.5 Å². The van der Waals surface area contributed by atoms with E-state index in [1.54, 1.807) is 6.07 Å². The molecule has 3 rings (SSSR count). The van der Waals surface area contributed by atoms with Crippen LogP contribution in [0.25, 0.3) is 0 Å². The fourth-order valence-electron chi connectivity index (χ4n) is 3.40. The third kappa shape index (κ3) is 4.15. The Balaban J connectivity index is 1.60. The van der Waals surface area contributed by atoms with Gasteiger partial charge in [0.25, 0.3) is 0 Å².